The number of aliphatic hydroxyl groups is 2. The normalized spacial score (nSPS) is 14.5. The number of hydrogen-bond acceptors (Lipinski definition) is 3. The molecule has 0 rings (SSSR count). The van der Waals surface area contributed by atoms with Crippen LogP contribution in [0.1, 0.15) is 58.8 Å². The Morgan fingerprint density at radius 1 is 1.21 bits per heavy atom. The number of carbonyl (C=O) groups is 1. The number of hydrogen-bond donors (Lipinski definition) is 3. The number of unbranched alkanes of at least 4 members (excludes halogenated alkanes) is 4. The molecule has 0 bridgehead atoms. The molecule has 0 radical (unpaired) electrons. The zero-order chi connectivity index (χ0) is 14.5. The Morgan fingerprint density at radius 2 is 1.89 bits per heavy atom. The van der Waals surface area contributed by atoms with Gasteiger partial charge in [-0.15, -0.1) is 0 Å². The fourth-order valence-corrected chi connectivity index (χ4v) is 1.74. The van der Waals surface area contributed by atoms with E-state index in [9.17, 15) is 15.0 Å². The van der Waals surface area contributed by atoms with Gasteiger partial charge in [0.1, 0.15) is 0 Å². The highest BCUT2D eigenvalue weighted by Crippen LogP contribution is 2.03. The average molecular weight is 271 g/mol. The van der Waals surface area contributed by atoms with Gasteiger partial charge in [-0.05, 0) is 19.3 Å². The Bertz CT molecular complexity index is 254. The van der Waals surface area contributed by atoms with Gasteiger partial charge in [-0.1, -0.05) is 45.3 Å². The summed E-state index contributed by atoms with van der Waals surface area (Å²) in [5.41, 5.74) is 0. The lowest BCUT2D eigenvalue weighted by molar-refractivity contribution is -0.122. The van der Waals surface area contributed by atoms with Gasteiger partial charge in [-0.3, -0.25) is 4.79 Å². The van der Waals surface area contributed by atoms with Crippen LogP contribution in [0, 0.1) is 0 Å². The van der Waals surface area contributed by atoms with Crippen LogP contribution in [-0.4, -0.2) is 34.9 Å². The molecule has 0 aromatic carbocycles. The summed E-state index contributed by atoms with van der Waals surface area (Å²) in [4.78, 5) is 11.5. The SMILES string of the molecule is CCCCC/C=C/C(O)C(CO)NC(=O)CCCC. The molecule has 0 aliphatic heterocycles. The molecule has 2 unspecified atom stereocenters. The fourth-order valence-electron chi connectivity index (χ4n) is 1.74. The van der Waals surface area contributed by atoms with Crippen LogP contribution in [-0.2, 0) is 4.79 Å². The first kappa shape index (κ1) is 18.1. The van der Waals surface area contributed by atoms with Crippen molar-refractivity contribution < 1.29 is 15.0 Å². The predicted octanol–water partition coefficient (Wildman–Crippen LogP) is 2.15. The number of rotatable bonds is 11. The van der Waals surface area contributed by atoms with Crippen LogP contribution in [0.5, 0.6) is 0 Å². The van der Waals surface area contributed by atoms with E-state index < -0.39 is 12.1 Å². The summed E-state index contributed by atoms with van der Waals surface area (Å²) in [5, 5.41) is 21.7. The number of allylic oxidation sites excluding steroid dienone is 1. The van der Waals surface area contributed by atoms with E-state index in [4.69, 9.17) is 0 Å². The third-order valence-corrected chi connectivity index (χ3v) is 3.02. The summed E-state index contributed by atoms with van der Waals surface area (Å²) in [6.45, 7) is 3.91. The minimum atomic E-state index is -0.822. The summed E-state index contributed by atoms with van der Waals surface area (Å²) in [6.07, 6.45) is 9.36. The summed E-state index contributed by atoms with van der Waals surface area (Å²) in [7, 11) is 0. The number of aliphatic hydroxyl groups excluding tert-OH is 2. The maximum absolute atomic E-state index is 11.5. The second-order valence-corrected chi connectivity index (χ2v) is 4.87. The first-order valence-corrected chi connectivity index (χ1v) is 7.40. The molecular weight excluding hydrogens is 242 g/mol. The van der Waals surface area contributed by atoms with Crippen LogP contribution in [0.3, 0.4) is 0 Å². The van der Waals surface area contributed by atoms with Gasteiger partial charge in [0.15, 0.2) is 0 Å². The van der Waals surface area contributed by atoms with Crippen LogP contribution in [0.4, 0.5) is 0 Å². The Kier molecular flexibility index (Phi) is 11.6. The lowest BCUT2D eigenvalue weighted by Crippen LogP contribution is -2.45. The standard InChI is InChI=1S/C15H29NO3/c1-3-5-7-8-9-10-14(18)13(12-17)16-15(19)11-6-4-2/h9-10,13-14,17-18H,3-8,11-12H2,1-2H3,(H,16,19)/b10-9+. The van der Waals surface area contributed by atoms with E-state index >= 15 is 0 Å². The molecule has 4 nitrogen and oxygen atoms in total. The van der Waals surface area contributed by atoms with Crippen LogP contribution >= 0.6 is 0 Å². The van der Waals surface area contributed by atoms with Crippen molar-refractivity contribution in [2.24, 2.45) is 0 Å². The maximum Gasteiger partial charge on any atom is 0.220 e. The van der Waals surface area contributed by atoms with Gasteiger partial charge in [0, 0.05) is 6.42 Å². The van der Waals surface area contributed by atoms with Gasteiger partial charge >= 0.3 is 0 Å². The molecule has 112 valence electrons. The molecule has 3 N–H and O–H groups in total. The highest BCUT2D eigenvalue weighted by atomic mass is 16.3. The lowest BCUT2D eigenvalue weighted by atomic mass is 10.1. The minimum absolute atomic E-state index is 0.112. The van der Waals surface area contributed by atoms with Gasteiger partial charge < -0.3 is 15.5 Å². The Hall–Kier alpha value is -0.870. The van der Waals surface area contributed by atoms with Crippen molar-refractivity contribution in [3.05, 3.63) is 12.2 Å². The molecule has 0 aliphatic rings. The van der Waals surface area contributed by atoms with Gasteiger partial charge in [-0.25, -0.2) is 0 Å². The minimum Gasteiger partial charge on any atom is -0.394 e. The third-order valence-electron chi connectivity index (χ3n) is 3.02. The largest absolute Gasteiger partial charge is 0.394 e. The molecule has 0 aromatic rings. The number of nitrogens with one attached hydrogen (secondary N) is 1. The van der Waals surface area contributed by atoms with Crippen molar-refractivity contribution in [2.75, 3.05) is 6.61 Å². The van der Waals surface area contributed by atoms with Crippen molar-refractivity contribution in [1.82, 2.24) is 5.32 Å². The highest BCUT2D eigenvalue weighted by molar-refractivity contribution is 5.76. The first-order valence-electron chi connectivity index (χ1n) is 7.40. The van der Waals surface area contributed by atoms with E-state index in [0.717, 1.165) is 25.7 Å². The molecule has 1 amide bonds. The lowest BCUT2D eigenvalue weighted by Gasteiger charge is -2.19. The van der Waals surface area contributed by atoms with Gasteiger partial charge in [0.25, 0.3) is 0 Å². The van der Waals surface area contributed by atoms with Crippen LogP contribution < -0.4 is 5.32 Å². The van der Waals surface area contributed by atoms with E-state index in [1.165, 1.54) is 12.8 Å². The van der Waals surface area contributed by atoms with E-state index in [0.29, 0.717) is 6.42 Å². The van der Waals surface area contributed by atoms with E-state index in [1.807, 2.05) is 13.0 Å². The van der Waals surface area contributed by atoms with Gasteiger partial charge in [0.05, 0.1) is 18.8 Å². The van der Waals surface area contributed by atoms with Crippen LogP contribution in [0.25, 0.3) is 0 Å². The molecule has 19 heavy (non-hydrogen) atoms. The molecule has 0 spiro atoms. The molecule has 2 atom stereocenters. The number of carbonyl (C=O) groups excluding carboxylic acids is 1. The van der Waals surface area contributed by atoms with E-state index in [-0.39, 0.29) is 12.5 Å². The zero-order valence-electron chi connectivity index (χ0n) is 12.3. The van der Waals surface area contributed by atoms with Crippen molar-refractivity contribution >= 4 is 5.91 Å². The summed E-state index contributed by atoms with van der Waals surface area (Å²) in [6, 6.07) is -0.605. The quantitative estimate of drug-likeness (QED) is 0.398. The van der Waals surface area contributed by atoms with Crippen molar-refractivity contribution in [3.63, 3.8) is 0 Å². The molecule has 0 fully saturated rings. The molecule has 0 saturated carbocycles. The zero-order valence-corrected chi connectivity index (χ0v) is 12.3. The van der Waals surface area contributed by atoms with Gasteiger partial charge in [-0.2, -0.15) is 0 Å². The molecule has 0 aromatic heterocycles. The predicted molar refractivity (Wildman–Crippen MR) is 77.8 cm³/mol. The average Bonchev–Trinajstić information content (AvgIpc) is 2.41. The third kappa shape index (κ3) is 9.68. The van der Waals surface area contributed by atoms with Crippen LogP contribution in [0.2, 0.25) is 0 Å². The smallest absolute Gasteiger partial charge is 0.220 e. The molecule has 0 saturated heterocycles. The van der Waals surface area contributed by atoms with Crippen molar-refractivity contribution in [3.8, 4) is 0 Å². The summed E-state index contributed by atoms with van der Waals surface area (Å²) < 4.78 is 0. The first-order chi connectivity index (χ1) is 9.15. The molecule has 0 heterocycles. The van der Waals surface area contributed by atoms with Crippen molar-refractivity contribution in [2.45, 2.75) is 70.9 Å². The molecule has 0 aliphatic carbocycles. The Balaban J connectivity index is 4.01. The Morgan fingerprint density at radius 3 is 2.47 bits per heavy atom. The number of amides is 1. The second kappa shape index (κ2) is 12.2. The topological polar surface area (TPSA) is 69.6 Å². The molecular formula is C15H29NO3. The monoisotopic (exact) mass is 271 g/mol. The van der Waals surface area contributed by atoms with Crippen molar-refractivity contribution in [1.29, 1.82) is 0 Å². The van der Waals surface area contributed by atoms with Gasteiger partial charge in [0.2, 0.25) is 5.91 Å². The van der Waals surface area contributed by atoms with Crippen LogP contribution in [0.15, 0.2) is 12.2 Å². The van der Waals surface area contributed by atoms with E-state index in [1.54, 1.807) is 6.08 Å². The summed E-state index contributed by atoms with van der Waals surface area (Å²) in [5.74, 6) is -0.112. The Labute approximate surface area is 116 Å². The fraction of sp³-hybridized carbons (Fsp3) is 0.800. The maximum atomic E-state index is 11.5. The van der Waals surface area contributed by atoms with E-state index in [2.05, 4.69) is 12.2 Å². The second-order valence-electron chi connectivity index (χ2n) is 4.87. The summed E-state index contributed by atoms with van der Waals surface area (Å²) >= 11 is 0. The highest BCUT2D eigenvalue weighted by Gasteiger charge is 2.17. The molecule has 4 heteroatoms.